The molecule has 0 aliphatic rings. The summed E-state index contributed by atoms with van der Waals surface area (Å²) in [6, 6.07) is 12.9. The van der Waals surface area contributed by atoms with Crippen LogP contribution in [0.3, 0.4) is 0 Å². The van der Waals surface area contributed by atoms with E-state index >= 15 is 0 Å². The Hall–Kier alpha value is -2.55. The summed E-state index contributed by atoms with van der Waals surface area (Å²) < 4.78 is 27.4. The Morgan fingerprint density at radius 3 is 2.60 bits per heavy atom. The number of anilines is 1. The Labute approximate surface area is 149 Å². The van der Waals surface area contributed by atoms with Gasteiger partial charge in [-0.3, -0.25) is 9.78 Å². The maximum Gasteiger partial charge on any atom is 0.255 e. The molecule has 0 aliphatic heterocycles. The number of rotatable bonds is 6. The Bertz CT molecular complexity index is 956. The van der Waals surface area contributed by atoms with E-state index in [2.05, 4.69) is 15.0 Å². The van der Waals surface area contributed by atoms with Gasteiger partial charge in [-0.15, -0.1) is 11.3 Å². The average molecular weight is 373 g/mol. The Morgan fingerprint density at radius 2 is 1.88 bits per heavy atom. The SMILES string of the molecule is O=C(Nc1ccncc1)c1cccc(S(=O)(=O)NCc2cccs2)c1. The summed E-state index contributed by atoms with van der Waals surface area (Å²) in [6.45, 7) is 0.216. The number of pyridine rings is 1. The lowest BCUT2D eigenvalue weighted by atomic mass is 10.2. The summed E-state index contributed by atoms with van der Waals surface area (Å²) in [5.74, 6) is -0.387. The highest BCUT2D eigenvalue weighted by atomic mass is 32.2. The summed E-state index contributed by atoms with van der Waals surface area (Å²) in [5.41, 5.74) is 0.847. The zero-order chi connectivity index (χ0) is 17.7. The van der Waals surface area contributed by atoms with Gasteiger partial charge in [0.25, 0.3) is 5.91 Å². The second-order valence-electron chi connectivity index (χ2n) is 5.12. The molecular weight excluding hydrogens is 358 g/mol. The van der Waals surface area contributed by atoms with E-state index in [1.165, 1.54) is 23.5 Å². The Kier molecular flexibility index (Phi) is 5.22. The molecule has 3 rings (SSSR count). The van der Waals surface area contributed by atoms with Gasteiger partial charge in [-0.25, -0.2) is 13.1 Å². The molecule has 0 fully saturated rings. The molecule has 0 atom stereocenters. The van der Waals surface area contributed by atoms with Crippen LogP contribution in [-0.4, -0.2) is 19.3 Å². The lowest BCUT2D eigenvalue weighted by Crippen LogP contribution is -2.23. The molecular formula is C17H15N3O3S2. The molecule has 2 N–H and O–H groups in total. The zero-order valence-electron chi connectivity index (χ0n) is 13.0. The Morgan fingerprint density at radius 1 is 1.08 bits per heavy atom. The predicted molar refractivity (Wildman–Crippen MR) is 97.0 cm³/mol. The van der Waals surface area contributed by atoms with Crippen LogP contribution in [0.4, 0.5) is 5.69 Å². The van der Waals surface area contributed by atoms with Gasteiger partial charge >= 0.3 is 0 Å². The summed E-state index contributed by atoms with van der Waals surface area (Å²) in [4.78, 5) is 17.1. The fourth-order valence-electron chi connectivity index (χ4n) is 2.11. The molecule has 1 aromatic carbocycles. The van der Waals surface area contributed by atoms with Crippen molar-refractivity contribution in [2.24, 2.45) is 0 Å². The third-order valence-corrected chi connectivity index (χ3v) is 5.64. The van der Waals surface area contributed by atoms with Crippen LogP contribution in [0.1, 0.15) is 15.2 Å². The van der Waals surface area contributed by atoms with Gasteiger partial charge in [-0.05, 0) is 41.8 Å². The average Bonchev–Trinajstić information content (AvgIpc) is 3.15. The van der Waals surface area contributed by atoms with Gasteiger partial charge in [0.15, 0.2) is 0 Å². The number of sulfonamides is 1. The number of hydrogen-bond donors (Lipinski definition) is 2. The number of nitrogens with zero attached hydrogens (tertiary/aromatic N) is 1. The fraction of sp³-hybridized carbons (Fsp3) is 0.0588. The van der Waals surface area contributed by atoms with Gasteiger partial charge in [0, 0.05) is 35.1 Å². The first kappa shape index (κ1) is 17.3. The van der Waals surface area contributed by atoms with E-state index in [1.54, 1.807) is 36.7 Å². The summed E-state index contributed by atoms with van der Waals surface area (Å²) in [5, 5.41) is 4.58. The molecule has 3 aromatic rings. The first-order valence-corrected chi connectivity index (χ1v) is 9.74. The number of amides is 1. The highest BCUT2D eigenvalue weighted by molar-refractivity contribution is 7.89. The van der Waals surface area contributed by atoms with Crippen LogP contribution in [0, 0.1) is 0 Å². The number of aromatic nitrogens is 1. The van der Waals surface area contributed by atoms with Crippen molar-refractivity contribution in [3.05, 3.63) is 76.7 Å². The van der Waals surface area contributed by atoms with Gasteiger partial charge in [0.05, 0.1) is 4.90 Å². The monoisotopic (exact) mass is 373 g/mol. The molecule has 0 radical (unpaired) electrons. The minimum absolute atomic E-state index is 0.0476. The van der Waals surface area contributed by atoms with Gasteiger partial charge in [-0.1, -0.05) is 12.1 Å². The van der Waals surface area contributed by atoms with E-state index in [0.717, 1.165) is 4.88 Å². The first-order chi connectivity index (χ1) is 12.0. The summed E-state index contributed by atoms with van der Waals surface area (Å²) in [6.07, 6.45) is 3.12. The molecule has 0 bridgehead atoms. The standard InChI is InChI=1S/C17H15N3O3S2/c21-17(20-14-6-8-18-9-7-14)13-3-1-5-16(11-13)25(22,23)19-12-15-4-2-10-24-15/h1-11,19H,12H2,(H,18,20,21). The van der Waals surface area contributed by atoms with Crippen LogP contribution in [0.25, 0.3) is 0 Å². The molecule has 1 amide bonds. The molecule has 6 nitrogen and oxygen atoms in total. The van der Waals surface area contributed by atoms with Gasteiger partial charge in [0.2, 0.25) is 10.0 Å². The van der Waals surface area contributed by atoms with E-state index < -0.39 is 10.0 Å². The fourth-order valence-corrected chi connectivity index (χ4v) is 3.89. The van der Waals surface area contributed by atoms with Crippen LogP contribution in [-0.2, 0) is 16.6 Å². The number of carbonyl (C=O) groups excluding carboxylic acids is 1. The van der Waals surface area contributed by atoms with E-state index in [4.69, 9.17) is 0 Å². The van der Waals surface area contributed by atoms with Crippen LogP contribution in [0.15, 0.2) is 71.2 Å². The maximum atomic E-state index is 12.4. The first-order valence-electron chi connectivity index (χ1n) is 7.38. The van der Waals surface area contributed by atoms with Crippen molar-refractivity contribution in [1.82, 2.24) is 9.71 Å². The van der Waals surface area contributed by atoms with E-state index in [0.29, 0.717) is 5.69 Å². The van der Waals surface area contributed by atoms with Crippen molar-refractivity contribution in [3.8, 4) is 0 Å². The molecule has 128 valence electrons. The molecule has 0 saturated carbocycles. The van der Waals surface area contributed by atoms with Crippen LogP contribution >= 0.6 is 11.3 Å². The number of carbonyl (C=O) groups is 1. The Balaban J connectivity index is 1.75. The lowest BCUT2D eigenvalue weighted by Gasteiger charge is -2.08. The molecule has 0 aliphatic carbocycles. The van der Waals surface area contributed by atoms with E-state index in [1.807, 2.05) is 17.5 Å². The molecule has 0 spiro atoms. The lowest BCUT2D eigenvalue weighted by molar-refractivity contribution is 0.102. The maximum absolute atomic E-state index is 12.4. The molecule has 0 unspecified atom stereocenters. The molecule has 2 heterocycles. The molecule has 0 saturated heterocycles. The van der Waals surface area contributed by atoms with Crippen LogP contribution in [0.2, 0.25) is 0 Å². The van der Waals surface area contributed by atoms with Gasteiger partial charge in [-0.2, -0.15) is 0 Å². The molecule has 8 heteroatoms. The van der Waals surface area contributed by atoms with Crippen LogP contribution in [0.5, 0.6) is 0 Å². The van der Waals surface area contributed by atoms with Crippen molar-refractivity contribution in [3.63, 3.8) is 0 Å². The second-order valence-corrected chi connectivity index (χ2v) is 7.92. The highest BCUT2D eigenvalue weighted by Gasteiger charge is 2.16. The minimum atomic E-state index is -3.70. The van der Waals surface area contributed by atoms with Crippen LogP contribution < -0.4 is 10.0 Å². The van der Waals surface area contributed by atoms with Crippen molar-refractivity contribution in [2.75, 3.05) is 5.32 Å². The summed E-state index contributed by atoms with van der Waals surface area (Å²) in [7, 11) is -3.70. The van der Waals surface area contributed by atoms with Gasteiger partial charge < -0.3 is 5.32 Å². The number of benzene rings is 1. The second kappa shape index (κ2) is 7.56. The van der Waals surface area contributed by atoms with Crippen molar-refractivity contribution < 1.29 is 13.2 Å². The van der Waals surface area contributed by atoms with Crippen molar-refractivity contribution in [1.29, 1.82) is 0 Å². The normalized spacial score (nSPS) is 11.2. The third kappa shape index (κ3) is 4.50. The predicted octanol–water partition coefficient (Wildman–Crippen LogP) is 2.87. The zero-order valence-corrected chi connectivity index (χ0v) is 14.7. The number of thiophene rings is 1. The highest BCUT2D eigenvalue weighted by Crippen LogP contribution is 2.15. The topological polar surface area (TPSA) is 88.2 Å². The van der Waals surface area contributed by atoms with E-state index in [9.17, 15) is 13.2 Å². The molecule has 2 aromatic heterocycles. The molecule has 25 heavy (non-hydrogen) atoms. The number of hydrogen-bond acceptors (Lipinski definition) is 5. The number of nitrogens with one attached hydrogen (secondary N) is 2. The largest absolute Gasteiger partial charge is 0.322 e. The van der Waals surface area contributed by atoms with Crippen molar-refractivity contribution >= 4 is 33.0 Å². The van der Waals surface area contributed by atoms with Gasteiger partial charge in [0.1, 0.15) is 0 Å². The third-order valence-electron chi connectivity index (χ3n) is 3.36. The van der Waals surface area contributed by atoms with Crippen molar-refractivity contribution in [2.45, 2.75) is 11.4 Å². The smallest absolute Gasteiger partial charge is 0.255 e. The van der Waals surface area contributed by atoms with E-state index in [-0.39, 0.29) is 22.9 Å². The summed E-state index contributed by atoms with van der Waals surface area (Å²) >= 11 is 1.47. The quantitative estimate of drug-likeness (QED) is 0.695. The minimum Gasteiger partial charge on any atom is -0.322 e.